The number of piperidine rings is 1. The number of aromatic nitrogens is 2. The van der Waals surface area contributed by atoms with E-state index in [1.807, 2.05) is 24.3 Å². The summed E-state index contributed by atoms with van der Waals surface area (Å²) in [6.07, 6.45) is 3.96. The summed E-state index contributed by atoms with van der Waals surface area (Å²) < 4.78 is 10.7. The van der Waals surface area contributed by atoms with E-state index < -0.39 is 0 Å². The molecule has 21 heavy (non-hydrogen) atoms. The van der Waals surface area contributed by atoms with E-state index in [9.17, 15) is 0 Å². The van der Waals surface area contributed by atoms with Crippen molar-refractivity contribution in [2.24, 2.45) is 5.92 Å². The minimum absolute atomic E-state index is 0.610. The summed E-state index contributed by atoms with van der Waals surface area (Å²) in [4.78, 5) is 4.51. The van der Waals surface area contributed by atoms with Gasteiger partial charge in [0.2, 0.25) is 5.89 Å². The highest BCUT2D eigenvalue weighted by Crippen LogP contribution is 2.20. The SMILES string of the molecule is COc1ccccc1Cc1noc(CC2CCCNC2)n1. The van der Waals surface area contributed by atoms with E-state index in [0.717, 1.165) is 42.5 Å². The van der Waals surface area contributed by atoms with Gasteiger partial charge in [0.1, 0.15) is 5.75 Å². The lowest BCUT2D eigenvalue weighted by Crippen LogP contribution is -2.30. The largest absolute Gasteiger partial charge is 0.496 e. The maximum atomic E-state index is 5.38. The fourth-order valence-electron chi connectivity index (χ4n) is 2.81. The molecule has 1 unspecified atom stereocenters. The first-order chi connectivity index (χ1) is 10.3. The molecule has 0 bridgehead atoms. The van der Waals surface area contributed by atoms with Gasteiger partial charge in [0.15, 0.2) is 5.82 Å². The summed E-state index contributed by atoms with van der Waals surface area (Å²) in [6, 6.07) is 7.93. The molecule has 0 radical (unpaired) electrons. The van der Waals surface area contributed by atoms with Gasteiger partial charge in [-0.15, -0.1) is 0 Å². The summed E-state index contributed by atoms with van der Waals surface area (Å²) in [7, 11) is 1.68. The Morgan fingerprint density at radius 2 is 2.29 bits per heavy atom. The van der Waals surface area contributed by atoms with Crippen LogP contribution in [-0.2, 0) is 12.8 Å². The van der Waals surface area contributed by atoms with E-state index in [0.29, 0.717) is 12.3 Å². The van der Waals surface area contributed by atoms with Crippen LogP contribution in [0.1, 0.15) is 30.1 Å². The summed E-state index contributed by atoms with van der Waals surface area (Å²) in [5, 5.41) is 7.50. The standard InChI is InChI=1S/C16H21N3O2/c1-20-14-7-3-2-6-13(14)10-15-18-16(21-19-15)9-12-5-4-8-17-11-12/h2-3,6-7,12,17H,4-5,8-11H2,1H3. The number of rotatable bonds is 5. The number of benzene rings is 1. The molecule has 1 aliphatic heterocycles. The van der Waals surface area contributed by atoms with Crippen LogP contribution in [0.3, 0.4) is 0 Å². The first kappa shape index (κ1) is 14.1. The molecule has 1 aliphatic rings. The fourth-order valence-corrected chi connectivity index (χ4v) is 2.81. The summed E-state index contributed by atoms with van der Waals surface area (Å²) in [6.45, 7) is 2.17. The third-order valence-electron chi connectivity index (χ3n) is 3.91. The van der Waals surface area contributed by atoms with Crippen molar-refractivity contribution in [2.75, 3.05) is 20.2 Å². The topological polar surface area (TPSA) is 60.2 Å². The second-order valence-electron chi connectivity index (χ2n) is 5.51. The number of nitrogens with one attached hydrogen (secondary N) is 1. The van der Waals surface area contributed by atoms with Crippen LogP contribution in [0.5, 0.6) is 5.75 Å². The van der Waals surface area contributed by atoms with E-state index in [1.54, 1.807) is 7.11 Å². The quantitative estimate of drug-likeness (QED) is 0.913. The number of methoxy groups -OCH3 is 1. The maximum Gasteiger partial charge on any atom is 0.226 e. The van der Waals surface area contributed by atoms with Gasteiger partial charge in [-0.1, -0.05) is 23.4 Å². The average Bonchev–Trinajstić information content (AvgIpc) is 2.96. The Morgan fingerprint density at radius 3 is 3.10 bits per heavy atom. The Hall–Kier alpha value is -1.88. The summed E-state index contributed by atoms with van der Waals surface area (Å²) in [5.41, 5.74) is 1.08. The molecule has 1 fully saturated rings. The zero-order valence-corrected chi connectivity index (χ0v) is 12.3. The molecule has 1 atom stereocenters. The fraction of sp³-hybridized carbons (Fsp3) is 0.500. The molecule has 2 aromatic rings. The van der Waals surface area contributed by atoms with Crippen LogP contribution >= 0.6 is 0 Å². The molecule has 112 valence electrons. The molecule has 0 amide bonds. The second kappa shape index (κ2) is 6.72. The van der Waals surface area contributed by atoms with Gasteiger partial charge in [-0.25, -0.2) is 0 Å². The Bertz CT molecular complexity index is 576. The van der Waals surface area contributed by atoms with E-state index in [4.69, 9.17) is 9.26 Å². The van der Waals surface area contributed by atoms with Crippen LogP contribution < -0.4 is 10.1 Å². The molecule has 1 N–H and O–H groups in total. The Labute approximate surface area is 124 Å². The number of para-hydroxylation sites is 1. The Balaban J connectivity index is 1.64. The lowest BCUT2D eigenvalue weighted by Gasteiger charge is -2.20. The minimum atomic E-state index is 0.610. The lowest BCUT2D eigenvalue weighted by molar-refractivity contribution is 0.314. The van der Waals surface area contributed by atoms with Crippen molar-refractivity contribution in [2.45, 2.75) is 25.7 Å². The van der Waals surface area contributed by atoms with Crippen molar-refractivity contribution < 1.29 is 9.26 Å². The number of hydrogen-bond acceptors (Lipinski definition) is 5. The predicted octanol–water partition coefficient (Wildman–Crippen LogP) is 2.21. The number of hydrogen-bond donors (Lipinski definition) is 1. The molecule has 5 heteroatoms. The highest BCUT2D eigenvalue weighted by atomic mass is 16.5. The predicted molar refractivity (Wildman–Crippen MR) is 79.4 cm³/mol. The van der Waals surface area contributed by atoms with Crippen molar-refractivity contribution in [3.63, 3.8) is 0 Å². The van der Waals surface area contributed by atoms with Crippen LogP contribution in [0.2, 0.25) is 0 Å². The van der Waals surface area contributed by atoms with Gasteiger partial charge in [-0.05, 0) is 37.9 Å². The lowest BCUT2D eigenvalue weighted by atomic mass is 9.96. The Morgan fingerprint density at radius 1 is 1.38 bits per heavy atom. The van der Waals surface area contributed by atoms with E-state index in [-0.39, 0.29) is 0 Å². The number of ether oxygens (including phenoxy) is 1. The van der Waals surface area contributed by atoms with Crippen molar-refractivity contribution in [1.29, 1.82) is 0 Å². The van der Waals surface area contributed by atoms with Crippen LogP contribution in [0.15, 0.2) is 28.8 Å². The van der Waals surface area contributed by atoms with Crippen LogP contribution in [-0.4, -0.2) is 30.3 Å². The normalized spacial score (nSPS) is 18.6. The first-order valence-electron chi connectivity index (χ1n) is 7.49. The van der Waals surface area contributed by atoms with Crippen LogP contribution in [0.4, 0.5) is 0 Å². The third-order valence-corrected chi connectivity index (χ3v) is 3.91. The first-order valence-corrected chi connectivity index (χ1v) is 7.49. The second-order valence-corrected chi connectivity index (χ2v) is 5.51. The molecule has 5 nitrogen and oxygen atoms in total. The molecule has 2 heterocycles. The highest BCUT2D eigenvalue weighted by molar-refractivity contribution is 5.35. The summed E-state index contributed by atoms with van der Waals surface area (Å²) >= 11 is 0. The highest BCUT2D eigenvalue weighted by Gasteiger charge is 2.17. The maximum absolute atomic E-state index is 5.38. The minimum Gasteiger partial charge on any atom is -0.496 e. The van der Waals surface area contributed by atoms with E-state index >= 15 is 0 Å². The van der Waals surface area contributed by atoms with Crippen molar-refractivity contribution in [1.82, 2.24) is 15.5 Å². The van der Waals surface area contributed by atoms with Crippen molar-refractivity contribution in [3.05, 3.63) is 41.5 Å². The zero-order chi connectivity index (χ0) is 14.5. The van der Waals surface area contributed by atoms with Gasteiger partial charge in [-0.2, -0.15) is 4.98 Å². The molecule has 3 rings (SSSR count). The molecule has 0 aliphatic carbocycles. The van der Waals surface area contributed by atoms with E-state index in [2.05, 4.69) is 15.5 Å². The van der Waals surface area contributed by atoms with Gasteiger partial charge in [0.05, 0.1) is 7.11 Å². The third kappa shape index (κ3) is 3.61. The molecule has 0 saturated carbocycles. The molecular formula is C16H21N3O2. The van der Waals surface area contributed by atoms with Gasteiger partial charge >= 0.3 is 0 Å². The smallest absolute Gasteiger partial charge is 0.226 e. The molecule has 1 aromatic carbocycles. The van der Waals surface area contributed by atoms with Gasteiger partial charge in [0.25, 0.3) is 0 Å². The monoisotopic (exact) mass is 287 g/mol. The average molecular weight is 287 g/mol. The zero-order valence-electron chi connectivity index (χ0n) is 12.3. The van der Waals surface area contributed by atoms with Crippen LogP contribution in [0.25, 0.3) is 0 Å². The van der Waals surface area contributed by atoms with E-state index in [1.165, 1.54) is 12.8 Å². The summed E-state index contributed by atoms with van der Waals surface area (Å²) in [5.74, 6) is 2.94. The van der Waals surface area contributed by atoms with Crippen molar-refractivity contribution in [3.8, 4) is 5.75 Å². The molecular weight excluding hydrogens is 266 g/mol. The van der Waals surface area contributed by atoms with Gasteiger partial charge in [-0.3, -0.25) is 0 Å². The Kier molecular flexibility index (Phi) is 4.50. The molecule has 1 aromatic heterocycles. The van der Waals surface area contributed by atoms with Gasteiger partial charge < -0.3 is 14.6 Å². The van der Waals surface area contributed by atoms with Gasteiger partial charge in [0, 0.05) is 18.4 Å². The molecule has 1 saturated heterocycles. The van der Waals surface area contributed by atoms with Crippen molar-refractivity contribution >= 4 is 0 Å². The van der Waals surface area contributed by atoms with Crippen LogP contribution in [0, 0.1) is 5.92 Å². The number of nitrogens with zero attached hydrogens (tertiary/aromatic N) is 2. The molecule has 0 spiro atoms.